The fraction of sp³-hybridized carbons (Fsp3) is 0.348. The van der Waals surface area contributed by atoms with Gasteiger partial charge in [0.1, 0.15) is 0 Å². The van der Waals surface area contributed by atoms with Crippen molar-refractivity contribution in [3.05, 3.63) is 76.4 Å². The molecule has 0 saturated heterocycles. The van der Waals surface area contributed by atoms with E-state index in [2.05, 4.69) is 42.6 Å². The maximum absolute atomic E-state index is 12.6. The van der Waals surface area contributed by atoms with Crippen LogP contribution < -0.4 is 5.32 Å². The van der Waals surface area contributed by atoms with E-state index in [1.807, 2.05) is 32.0 Å². The van der Waals surface area contributed by atoms with Gasteiger partial charge in [-0.05, 0) is 61.4 Å². The molecule has 0 fully saturated rings. The molecule has 3 rings (SSSR count). The molecule has 1 unspecified atom stereocenters. The summed E-state index contributed by atoms with van der Waals surface area (Å²) in [5.74, 6) is 0.0112. The molecular weight excluding hydrogens is 322 g/mol. The van der Waals surface area contributed by atoms with E-state index in [0.717, 1.165) is 36.1 Å². The average molecular weight is 349 g/mol. The van der Waals surface area contributed by atoms with Crippen LogP contribution in [0.1, 0.15) is 46.0 Å². The summed E-state index contributed by atoms with van der Waals surface area (Å²) in [5, 5.41) is 3.14. The van der Waals surface area contributed by atoms with E-state index in [1.54, 1.807) is 0 Å². The number of rotatable bonds is 5. The normalized spacial score (nSPS) is 15.3. The molecule has 1 N–H and O–H groups in total. The summed E-state index contributed by atoms with van der Waals surface area (Å²) in [6.45, 7) is 7.53. The van der Waals surface area contributed by atoms with Gasteiger partial charge in [-0.25, -0.2) is 0 Å². The zero-order valence-electron chi connectivity index (χ0n) is 15.8. The topological polar surface area (TPSA) is 38.3 Å². The summed E-state index contributed by atoms with van der Waals surface area (Å²) in [7, 11) is 0. The summed E-state index contributed by atoms with van der Waals surface area (Å²) in [5.41, 5.74) is 6.69. The first-order valence-corrected chi connectivity index (χ1v) is 9.28. The summed E-state index contributed by atoms with van der Waals surface area (Å²) < 4.78 is 5.37. The Hall–Kier alpha value is -2.39. The Morgan fingerprint density at radius 2 is 1.81 bits per heavy atom. The maximum atomic E-state index is 12.6. The lowest BCUT2D eigenvalue weighted by atomic mass is 9.98. The van der Waals surface area contributed by atoms with Gasteiger partial charge in [0, 0.05) is 11.6 Å². The number of hydrogen-bond acceptors (Lipinski definition) is 2. The average Bonchev–Trinajstić information content (AvgIpc) is 2.63. The smallest absolute Gasteiger partial charge is 0.252 e. The molecule has 2 aromatic rings. The zero-order chi connectivity index (χ0) is 18.5. The number of aryl methyl sites for hydroxylation is 2. The summed E-state index contributed by atoms with van der Waals surface area (Å²) in [6.07, 6.45) is 3.95. The Bertz CT molecular complexity index is 785. The van der Waals surface area contributed by atoms with E-state index in [-0.39, 0.29) is 11.9 Å². The van der Waals surface area contributed by atoms with Gasteiger partial charge < -0.3 is 10.1 Å². The lowest BCUT2D eigenvalue weighted by molar-refractivity contribution is 0.0939. The Morgan fingerprint density at radius 3 is 2.42 bits per heavy atom. The molecule has 1 aliphatic heterocycles. The van der Waals surface area contributed by atoms with Crippen LogP contribution in [0.2, 0.25) is 0 Å². The van der Waals surface area contributed by atoms with Gasteiger partial charge in [-0.3, -0.25) is 4.79 Å². The molecule has 1 amide bonds. The van der Waals surface area contributed by atoms with Gasteiger partial charge >= 0.3 is 0 Å². The Kier molecular flexibility index (Phi) is 5.89. The number of carbonyl (C=O) groups excluding carboxylic acids is 1. The Labute approximate surface area is 156 Å². The lowest BCUT2D eigenvalue weighted by Crippen LogP contribution is -2.34. The zero-order valence-corrected chi connectivity index (χ0v) is 15.8. The molecule has 26 heavy (non-hydrogen) atoms. The largest absolute Gasteiger partial charge is 0.377 e. The Balaban J connectivity index is 1.62. The van der Waals surface area contributed by atoms with E-state index in [0.29, 0.717) is 6.61 Å². The van der Waals surface area contributed by atoms with Gasteiger partial charge in [-0.1, -0.05) is 48.5 Å². The van der Waals surface area contributed by atoms with Crippen molar-refractivity contribution in [2.75, 3.05) is 13.2 Å². The molecule has 0 aliphatic carbocycles. The van der Waals surface area contributed by atoms with Crippen molar-refractivity contribution in [3.8, 4) is 0 Å². The third kappa shape index (κ3) is 4.41. The minimum absolute atomic E-state index is 0.0112. The van der Waals surface area contributed by atoms with Crippen LogP contribution in [0.3, 0.4) is 0 Å². The first kappa shape index (κ1) is 18.4. The number of ether oxygens (including phenoxy) is 1. The first-order chi connectivity index (χ1) is 12.5. The van der Waals surface area contributed by atoms with Crippen molar-refractivity contribution >= 4 is 11.5 Å². The van der Waals surface area contributed by atoms with Crippen LogP contribution in [0.15, 0.2) is 48.5 Å². The van der Waals surface area contributed by atoms with E-state index < -0.39 is 0 Å². The van der Waals surface area contributed by atoms with Crippen LogP contribution in [0.25, 0.3) is 5.57 Å². The van der Waals surface area contributed by atoms with E-state index >= 15 is 0 Å². The second-order valence-corrected chi connectivity index (χ2v) is 7.10. The summed E-state index contributed by atoms with van der Waals surface area (Å²) in [4.78, 5) is 12.6. The van der Waals surface area contributed by atoms with E-state index in [4.69, 9.17) is 4.74 Å². The van der Waals surface area contributed by atoms with Crippen molar-refractivity contribution in [2.24, 2.45) is 0 Å². The van der Waals surface area contributed by atoms with Crippen LogP contribution in [0.5, 0.6) is 0 Å². The lowest BCUT2D eigenvalue weighted by Gasteiger charge is -2.17. The second kappa shape index (κ2) is 8.33. The first-order valence-electron chi connectivity index (χ1n) is 9.28. The maximum Gasteiger partial charge on any atom is 0.252 e. The minimum Gasteiger partial charge on any atom is -0.377 e. The fourth-order valence-electron chi connectivity index (χ4n) is 3.52. The number of nitrogens with one attached hydrogen (secondary N) is 1. The standard InChI is InChI=1S/C23H27NO2/c1-16-5-4-6-17(2)22(16)23(25)24-18(3)15-19-7-9-20(10-8-19)21-11-13-26-14-12-21/h4-11,18H,12-15H2,1-3H3,(H,24,25). The highest BCUT2D eigenvalue weighted by Gasteiger charge is 2.15. The minimum atomic E-state index is 0.0112. The van der Waals surface area contributed by atoms with Crippen LogP contribution in [0.4, 0.5) is 0 Å². The second-order valence-electron chi connectivity index (χ2n) is 7.10. The van der Waals surface area contributed by atoms with Crippen LogP contribution in [-0.4, -0.2) is 25.2 Å². The molecule has 0 aromatic heterocycles. The highest BCUT2D eigenvalue weighted by Crippen LogP contribution is 2.22. The van der Waals surface area contributed by atoms with Crippen LogP contribution in [0, 0.1) is 13.8 Å². The molecule has 1 atom stereocenters. The van der Waals surface area contributed by atoms with Crippen molar-refractivity contribution in [3.63, 3.8) is 0 Å². The molecule has 2 aromatic carbocycles. The fourth-order valence-corrected chi connectivity index (χ4v) is 3.52. The van der Waals surface area contributed by atoms with Crippen LogP contribution >= 0.6 is 0 Å². The van der Waals surface area contributed by atoms with Gasteiger partial charge in [0.15, 0.2) is 0 Å². The highest BCUT2D eigenvalue weighted by molar-refractivity contribution is 5.97. The molecule has 3 nitrogen and oxygen atoms in total. The molecule has 0 saturated carbocycles. The SMILES string of the molecule is Cc1cccc(C)c1C(=O)NC(C)Cc1ccc(C2=CCOCC2)cc1. The van der Waals surface area contributed by atoms with E-state index in [9.17, 15) is 4.79 Å². The van der Waals surface area contributed by atoms with Gasteiger partial charge in [-0.2, -0.15) is 0 Å². The van der Waals surface area contributed by atoms with Gasteiger partial charge in [0.25, 0.3) is 5.91 Å². The number of hydrogen-bond donors (Lipinski definition) is 1. The van der Waals surface area contributed by atoms with E-state index in [1.165, 1.54) is 16.7 Å². The molecule has 136 valence electrons. The van der Waals surface area contributed by atoms with Gasteiger partial charge in [0.2, 0.25) is 0 Å². The molecular formula is C23H27NO2. The van der Waals surface area contributed by atoms with Crippen molar-refractivity contribution in [1.29, 1.82) is 0 Å². The number of amides is 1. The van der Waals surface area contributed by atoms with Gasteiger partial charge in [0.05, 0.1) is 13.2 Å². The van der Waals surface area contributed by atoms with Crippen molar-refractivity contribution in [2.45, 2.75) is 39.7 Å². The molecule has 0 radical (unpaired) electrons. The molecule has 0 bridgehead atoms. The quantitative estimate of drug-likeness (QED) is 0.865. The van der Waals surface area contributed by atoms with Gasteiger partial charge in [-0.15, -0.1) is 0 Å². The predicted molar refractivity (Wildman–Crippen MR) is 106 cm³/mol. The summed E-state index contributed by atoms with van der Waals surface area (Å²) >= 11 is 0. The molecule has 0 spiro atoms. The third-order valence-corrected chi connectivity index (χ3v) is 4.92. The molecule has 3 heteroatoms. The van der Waals surface area contributed by atoms with Crippen molar-refractivity contribution in [1.82, 2.24) is 5.32 Å². The molecule has 1 aliphatic rings. The highest BCUT2D eigenvalue weighted by atomic mass is 16.5. The third-order valence-electron chi connectivity index (χ3n) is 4.92. The predicted octanol–water partition coefficient (Wildman–Crippen LogP) is 4.47. The van der Waals surface area contributed by atoms with Crippen molar-refractivity contribution < 1.29 is 9.53 Å². The Morgan fingerprint density at radius 1 is 1.12 bits per heavy atom. The number of carbonyl (C=O) groups is 1. The monoisotopic (exact) mass is 349 g/mol. The number of benzene rings is 2. The molecule has 1 heterocycles. The summed E-state index contributed by atoms with van der Waals surface area (Å²) in [6, 6.07) is 14.7. The van der Waals surface area contributed by atoms with Crippen LogP contribution in [-0.2, 0) is 11.2 Å².